The molecule has 1 amide bonds. The lowest BCUT2D eigenvalue weighted by Gasteiger charge is -2.20. The number of nitrogens with zero attached hydrogens (tertiary/aromatic N) is 3. The molecule has 0 bridgehead atoms. The molecule has 10 heteroatoms. The minimum atomic E-state index is -1.03. The number of hydrogen-bond donors (Lipinski definition) is 3. The number of nitrogens with two attached hydrogens (primary N) is 1. The zero-order valence-corrected chi connectivity index (χ0v) is 18.9. The quantitative estimate of drug-likeness (QED) is 0.362. The van der Waals surface area contributed by atoms with Gasteiger partial charge in [0.15, 0.2) is 5.65 Å². The summed E-state index contributed by atoms with van der Waals surface area (Å²) in [6.07, 6.45) is 0.470. The number of halogens is 3. The summed E-state index contributed by atoms with van der Waals surface area (Å²) in [6, 6.07) is 11.9. The van der Waals surface area contributed by atoms with E-state index >= 15 is 4.39 Å². The number of nitrogen functional groups attached to an aromatic ring is 1. The van der Waals surface area contributed by atoms with E-state index in [1.165, 1.54) is 4.52 Å². The fraction of sp³-hybridized carbons (Fsp3) is 0.208. The van der Waals surface area contributed by atoms with E-state index in [-0.39, 0.29) is 23.5 Å². The number of nitrogens with one attached hydrogen (secondary N) is 1. The van der Waals surface area contributed by atoms with Crippen LogP contribution in [0.3, 0.4) is 0 Å². The number of benzene rings is 2. The number of aromatic nitrogens is 3. The SMILES string of the molecule is Cc1ccc(-c2ccn3nc(N)nc3c2)c(F)c1C(=O)N[C@@H](CF)C[C@H](O)c1ccc(Cl)cc1. The molecule has 0 aliphatic carbocycles. The number of aliphatic hydroxyl groups excluding tert-OH is 1. The summed E-state index contributed by atoms with van der Waals surface area (Å²) in [5.74, 6) is -1.43. The van der Waals surface area contributed by atoms with Crippen molar-refractivity contribution in [1.29, 1.82) is 0 Å². The molecule has 34 heavy (non-hydrogen) atoms. The first-order valence-corrected chi connectivity index (χ1v) is 10.9. The van der Waals surface area contributed by atoms with E-state index in [1.807, 2.05) is 0 Å². The number of aryl methyl sites for hydroxylation is 1. The molecule has 2 atom stereocenters. The highest BCUT2D eigenvalue weighted by Gasteiger charge is 2.24. The van der Waals surface area contributed by atoms with E-state index in [1.54, 1.807) is 61.7 Å². The molecular weight excluding hydrogens is 464 g/mol. The van der Waals surface area contributed by atoms with Gasteiger partial charge in [0.2, 0.25) is 5.95 Å². The van der Waals surface area contributed by atoms with Crippen LogP contribution in [0.25, 0.3) is 16.8 Å². The van der Waals surface area contributed by atoms with E-state index in [4.69, 9.17) is 17.3 Å². The van der Waals surface area contributed by atoms with E-state index in [0.29, 0.717) is 27.4 Å². The van der Waals surface area contributed by atoms with E-state index in [9.17, 15) is 14.3 Å². The summed E-state index contributed by atoms with van der Waals surface area (Å²) >= 11 is 5.85. The van der Waals surface area contributed by atoms with Crippen LogP contribution in [0.5, 0.6) is 0 Å². The van der Waals surface area contributed by atoms with Crippen LogP contribution in [-0.2, 0) is 0 Å². The van der Waals surface area contributed by atoms with Crippen molar-refractivity contribution in [3.63, 3.8) is 0 Å². The van der Waals surface area contributed by atoms with Crippen molar-refractivity contribution in [3.05, 3.63) is 82.3 Å². The van der Waals surface area contributed by atoms with Gasteiger partial charge in [-0.05, 0) is 47.9 Å². The molecule has 2 aromatic heterocycles. The molecule has 0 aliphatic heterocycles. The molecule has 0 spiro atoms. The van der Waals surface area contributed by atoms with Gasteiger partial charge < -0.3 is 16.2 Å². The molecule has 7 nitrogen and oxygen atoms in total. The Hall–Kier alpha value is -3.56. The van der Waals surface area contributed by atoms with Crippen LogP contribution in [0.2, 0.25) is 5.02 Å². The molecule has 0 saturated carbocycles. The fourth-order valence-electron chi connectivity index (χ4n) is 3.75. The normalized spacial score (nSPS) is 13.1. The largest absolute Gasteiger partial charge is 0.388 e. The number of carbonyl (C=O) groups excluding carboxylic acids is 1. The van der Waals surface area contributed by atoms with Crippen LogP contribution in [0.1, 0.15) is 34.0 Å². The number of hydrogen-bond acceptors (Lipinski definition) is 5. The highest BCUT2D eigenvalue weighted by atomic mass is 35.5. The zero-order valence-electron chi connectivity index (χ0n) is 18.2. The maximum atomic E-state index is 15.5. The van der Waals surface area contributed by atoms with E-state index < -0.39 is 30.5 Å². The van der Waals surface area contributed by atoms with Crippen LogP contribution in [0, 0.1) is 12.7 Å². The first-order chi connectivity index (χ1) is 16.3. The molecular formula is C24H22ClF2N5O2. The highest BCUT2D eigenvalue weighted by molar-refractivity contribution is 6.30. The van der Waals surface area contributed by atoms with Crippen molar-refractivity contribution in [1.82, 2.24) is 19.9 Å². The van der Waals surface area contributed by atoms with Gasteiger partial charge in [-0.3, -0.25) is 4.79 Å². The van der Waals surface area contributed by atoms with Gasteiger partial charge in [-0.25, -0.2) is 13.3 Å². The second-order valence-corrected chi connectivity index (χ2v) is 8.37. The Bertz CT molecular complexity index is 1340. The topological polar surface area (TPSA) is 106 Å². The number of rotatable bonds is 7. The number of fused-ring (bicyclic) bond motifs is 1. The number of alkyl halides is 1. The third kappa shape index (κ3) is 4.85. The second kappa shape index (κ2) is 9.74. The molecule has 0 aliphatic rings. The number of amides is 1. The van der Waals surface area contributed by atoms with Crippen LogP contribution < -0.4 is 11.1 Å². The Kier molecular flexibility index (Phi) is 6.76. The van der Waals surface area contributed by atoms with Crippen molar-refractivity contribution in [2.45, 2.75) is 25.5 Å². The predicted molar refractivity (Wildman–Crippen MR) is 126 cm³/mol. The summed E-state index contributed by atoms with van der Waals surface area (Å²) in [7, 11) is 0. The molecule has 176 valence electrons. The second-order valence-electron chi connectivity index (χ2n) is 7.93. The third-order valence-electron chi connectivity index (χ3n) is 5.53. The molecule has 2 heterocycles. The Labute approximate surface area is 199 Å². The summed E-state index contributed by atoms with van der Waals surface area (Å²) in [5, 5.41) is 17.4. The summed E-state index contributed by atoms with van der Waals surface area (Å²) in [4.78, 5) is 17.0. The monoisotopic (exact) mass is 485 g/mol. The van der Waals surface area contributed by atoms with Crippen molar-refractivity contribution < 1.29 is 18.7 Å². The summed E-state index contributed by atoms with van der Waals surface area (Å²) < 4.78 is 30.7. The molecule has 0 radical (unpaired) electrons. The molecule has 0 unspecified atom stereocenters. The van der Waals surface area contributed by atoms with Gasteiger partial charge in [-0.1, -0.05) is 35.9 Å². The van der Waals surface area contributed by atoms with Gasteiger partial charge in [-0.2, -0.15) is 4.98 Å². The van der Waals surface area contributed by atoms with Crippen molar-refractivity contribution in [2.24, 2.45) is 0 Å². The average molecular weight is 486 g/mol. The van der Waals surface area contributed by atoms with Gasteiger partial charge >= 0.3 is 0 Å². The standard InChI is InChI=1S/C24H22ClF2N5O2/c1-13-2-7-18(15-8-9-32-20(10-15)30-24(28)31-32)22(27)21(13)23(34)29-17(12-26)11-19(33)14-3-5-16(25)6-4-14/h2-10,17,19,33H,11-12H2,1H3,(H2,28,31)(H,29,34)/t17-,19+/m1/s1. The minimum Gasteiger partial charge on any atom is -0.388 e. The van der Waals surface area contributed by atoms with Crippen LogP contribution in [0.4, 0.5) is 14.7 Å². The Morgan fingerprint density at radius 1 is 1.24 bits per heavy atom. The Balaban J connectivity index is 1.57. The van der Waals surface area contributed by atoms with Crippen molar-refractivity contribution >= 4 is 29.1 Å². The molecule has 4 N–H and O–H groups in total. The van der Waals surface area contributed by atoms with Gasteiger partial charge in [0.25, 0.3) is 5.91 Å². The van der Waals surface area contributed by atoms with Crippen molar-refractivity contribution in [3.8, 4) is 11.1 Å². The number of aliphatic hydroxyl groups is 1. The Morgan fingerprint density at radius 3 is 2.68 bits per heavy atom. The van der Waals surface area contributed by atoms with Crippen LogP contribution in [0.15, 0.2) is 54.7 Å². The lowest BCUT2D eigenvalue weighted by atomic mass is 9.98. The first kappa shape index (κ1) is 23.6. The minimum absolute atomic E-state index is 0.0830. The number of pyridine rings is 1. The first-order valence-electron chi connectivity index (χ1n) is 10.5. The lowest BCUT2D eigenvalue weighted by molar-refractivity contribution is 0.0891. The Morgan fingerprint density at radius 2 is 1.97 bits per heavy atom. The van der Waals surface area contributed by atoms with Crippen molar-refractivity contribution in [2.75, 3.05) is 12.4 Å². The van der Waals surface area contributed by atoms with Gasteiger partial charge in [0, 0.05) is 23.2 Å². The smallest absolute Gasteiger partial charge is 0.254 e. The molecule has 4 aromatic rings. The molecule has 2 aromatic carbocycles. The maximum Gasteiger partial charge on any atom is 0.254 e. The van der Waals surface area contributed by atoms with Gasteiger partial charge in [0.1, 0.15) is 12.5 Å². The number of anilines is 1. The van der Waals surface area contributed by atoms with Gasteiger partial charge in [-0.15, -0.1) is 5.10 Å². The fourth-order valence-corrected chi connectivity index (χ4v) is 3.88. The van der Waals surface area contributed by atoms with Crippen LogP contribution in [-0.4, -0.2) is 38.3 Å². The highest BCUT2D eigenvalue weighted by Crippen LogP contribution is 2.28. The predicted octanol–water partition coefficient (Wildman–Crippen LogP) is 4.27. The van der Waals surface area contributed by atoms with E-state index in [2.05, 4.69) is 15.4 Å². The maximum absolute atomic E-state index is 15.5. The molecule has 0 fully saturated rings. The summed E-state index contributed by atoms with van der Waals surface area (Å²) in [5.41, 5.74) is 7.42. The number of carbonyl (C=O) groups is 1. The van der Waals surface area contributed by atoms with Crippen LogP contribution >= 0.6 is 11.6 Å². The summed E-state index contributed by atoms with van der Waals surface area (Å²) in [6.45, 7) is 0.666. The molecule has 0 saturated heterocycles. The lowest BCUT2D eigenvalue weighted by Crippen LogP contribution is -2.38. The average Bonchev–Trinajstić information content (AvgIpc) is 3.18. The van der Waals surface area contributed by atoms with E-state index in [0.717, 1.165) is 0 Å². The zero-order chi connectivity index (χ0) is 24.4. The van der Waals surface area contributed by atoms with Gasteiger partial charge in [0.05, 0.1) is 17.7 Å². The molecule has 4 rings (SSSR count). The third-order valence-corrected chi connectivity index (χ3v) is 5.78.